The minimum atomic E-state index is -0.377. The number of hydrogen-bond donors (Lipinski definition) is 1. The Hall–Kier alpha value is -1.88. The van der Waals surface area contributed by atoms with Gasteiger partial charge >= 0.3 is 0 Å². The van der Waals surface area contributed by atoms with Gasteiger partial charge in [-0.2, -0.15) is 0 Å². The number of anilines is 1. The lowest BCUT2D eigenvalue weighted by atomic mass is 9.91. The molecule has 1 fully saturated rings. The van der Waals surface area contributed by atoms with Crippen molar-refractivity contribution in [1.29, 1.82) is 0 Å². The Bertz CT molecular complexity index is 622. The minimum Gasteiger partial charge on any atom is -0.377 e. The van der Waals surface area contributed by atoms with Crippen molar-refractivity contribution >= 4 is 17.5 Å². The van der Waals surface area contributed by atoms with Gasteiger partial charge in [0.15, 0.2) is 0 Å². The second-order valence-corrected chi connectivity index (χ2v) is 7.98. The molecule has 1 N–H and O–H groups in total. The molecule has 0 aromatic heterocycles. The van der Waals surface area contributed by atoms with Crippen molar-refractivity contribution in [3.8, 4) is 0 Å². The summed E-state index contributed by atoms with van der Waals surface area (Å²) in [5.41, 5.74) is 1.67. The SMILES string of the molecule is COC(C)c1cccc(NC(=O)C2CCCN2C(=O)CC(C)(C)C)c1. The molecule has 2 rings (SSSR count). The molecule has 0 bridgehead atoms. The van der Waals surface area contributed by atoms with Crippen LogP contribution < -0.4 is 5.32 Å². The molecule has 5 heteroatoms. The van der Waals surface area contributed by atoms with Gasteiger partial charge in [-0.05, 0) is 42.9 Å². The van der Waals surface area contributed by atoms with Crippen molar-refractivity contribution < 1.29 is 14.3 Å². The second kappa shape index (κ2) is 8.00. The van der Waals surface area contributed by atoms with Crippen LogP contribution in [0.25, 0.3) is 0 Å². The zero-order chi connectivity index (χ0) is 18.6. The first-order valence-electron chi connectivity index (χ1n) is 8.94. The molecular weight excluding hydrogens is 316 g/mol. The highest BCUT2D eigenvalue weighted by Crippen LogP contribution is 2.26. The van der Waals surface area contributed by atoms with Crippen molar-refractivity contribution in [2.45, 2.75) is 59.1 Å². The van der Waals surface area contributed by atoms with Gasteiger partial charge in [-0.1, -0.05) is 32.9 Å². The van der Waals surface area contributed by atoms with Crippen molar-refractivity contribution in [2.24, 2.45) is 5.41 Å². The number of hydrogen-bond acceptors (Lipinski definition) is 3. The maximum absolute atomic E-state index is 12.7. The largest absolute Gasteiger partial charge is 0.377 e. The highest BCUT2D eigenvalue weighted by Gasteiger charge is 2.35. The maximum atomic E-state index is 12.7. The van der Waals surface area contributed by atoms with E-state index < -0.39 is 0 Å². The molecule has 1 aromatic carbocycles. The van der Waals surface area contributed by atoms with E-state index in [-0.39, 0.29) is 29.4 Å². The first-order chi connectivity index (χ1) is 11.7. The van der Waals surface area contributed by atoms with Crippen LogP contribution >= 0.6 is 0 Å². The number of carbonyl (C=O) groups is 2. The fourth-order valence-electron chi connectivity index (χ4n) is 3.12. The Morgan fingerprint density at radius 3 is 2.72 bits per heavy atom. The van der Waals surface area contributed by atoms with Gasteiger partial charge in [0.25, 0.3) is 0 Å². The number of carbonyl (C=O) groups excluding carboxylic acids is 2. The molecule has 0 spiro atoms. The van der Waals surface area contributed by atoms with Crippen LogP contribution in [0.3, 0.4) is 0 Å². The molecule has 0 saturated carbocycles. The summed E-state index contributed by atoms with van der Waals surface area (Å²) in [5.74, 6) is -0.0473. The number of rotatable bonds is 5. The van der Waals surface area contributed by atoms with Crippen LogP contribution in [0.1, 0.15) is 58.6 Å². The van der Waals surface area contributed by atoms with Crippen LogP contribution in [-0.2, 0) is 14.3 Å². The Morgan fingerprint density at radius 2 is 2.08 bits per heavy atom. The summed E-state index contributed by atoms with van der Waals surface area (Å²) in [6.45, 7) is 8.74. The fraction of sp³-hybridized carbons (Fsp3) is 0.600. The summed E-state index contributed by atoms with van der Waals surface area (Å²) in [5, 5.41) is 2.96. The third kappa shape index (κ3) is 5.30. The van der Waals surface area contributed by atoms with E-state index in [9.17, 15) is 9.59 Å². The van der Waals surface area contributed by atoms with Crippen LogP contribution in [0.5, 0.6) is 0 Å². The number of nitrogens with zero attached hydrogens (tertiary/aromatic N) is 1. The molecule has 1 aromatic rings. The van der Waals surface area contributed by atoms with E-state index in [1.54, 1.807) is 12.0 Å². The standard InChI is InChI=1S/C20H30N2O3/c1-14(25-5)15-8-6-9-16(12-15)21-19(24)17-10-7-11-22(17)18(23)13-20(2,3)4/h6,8-9,12,14,17H,7,10-11,13H2,1-5H3,(H,21,24). The Kier molecular flexibility index (Phi) is 6.22. The average molecular weight is 346 g/mol. The monoisotopic (exact) mass is 346 g/mol. The summed E-state index contributed by atoms with van der Waals surface area (Å²) in [7, 11) is 1.66. The number of ether oxygens (including phenoxy) is 1. The maximum Gasteiger partial charge on any atom is 0.247 e. The van der Waals surface area contributed by atoms with Crippen LogP contribution in [0.15, 0.2) is 24.3 Å². The summed E-state index contributed by atoms with van der Waals surface area (Å²) in [6, 6.07) is 7.27. The first-order valence-corrected chi connectivity index (χ1v) is 8.94. The summed E-state index contributed by atoms with van der Waals surface area (Å²) in [4.78, 5) is 27.0. The van der Waals surface area contributed by atoms with Gasteiger partial charge in [0.2, 0.25) is 11.8 Å². The van der Waals surface area contributed by atoms with Gasteiger partial charge in [-0.25, -0.2) is 0 Å². The number of benzene rings is 1. The molecule has 5 nitrogen and oxygen atoms in total. The zero-order valence-corrected chi connectivity index (χ0v) is 16.0. The van der Waals surface area contributed by atoms with E-state index in [1.165, 1.54) is 0 Å². The van der Waals surface area contributed by atoms with Crippen molar-refractivity contribution in [1.82, 2.24) is 4.90 Å². The number of amides is 2. The van der Waals surface area contributed by atoms with E-state index in [2.05, 4.69) is 5.32 Å². The lowest BCUT2D eigenvalue weighted by Crippen LogP contribution is -2.44. The first kappa shape index (κ1) is 19.4. The average Bonchev–Trinajstić information content (AvgIpc) is 3.02. The Balaban J connectivity index is 2.06. The zero-order valence-electron chi connectivity index (χ0n) is 16.0. The van der Waals surface area contributed by atoms with E-state index >= 15 is 0 Å². The number of likely N-dealkylation sites (tertiary alicyclic amines) is 1. The smallest absolute Gasteiger partial charge is 0.247 e. The Morgan fingerprint density at radius 1 is 1.36 bits per heavy atom. The van der Waals surface area contributed by atoms with Crippen molar-refractivity contribution in [2.75, 3.05) is 19.0 Å². The van der Waals surface area contributed by atoms with E-state index in [0.29, 0.717) is 13.0 Å². The molecule has 2 amide bonds. The van der Waals surface area contributed by atoms with Gasteiger partial charge in [0.1, 0.15) is 6.04 Å². The van der Waals surface area contributed by atoms with Crippen LogP contribution in [-0.4, -0.2) is 36.4 Å². The highest BCUT2D eigenvalue weighted by atomic mass is 16.5. The number of methoxy groups -OCH3 is 1. The van der Waals surface area contributed by atoms with Gasteiger partial charge in [-0.3, -0.25) is 9.59 Å². The third-order valence-corrected chi connectivity index (χ3v) is 4.53. The molecule has 1 heterocycles. The van der Waals surface area contributed by atoms with Gasteiger partial charge < -0.3 is 15.0 Å². The molecule has 1 aliphatic rings. The fourth-order valence-corrected chi connectivity index (χ4v) is 3.12. The summed E-state index contributed by atoms with van der Waals surface area (Å²) in [6.07, 6.45) is 2.01. The molecule has 138 valence electrons. The van der Waals surface area contributed by atoms with Crippen molar-refractivity contribution in [3.63, 3.8) is 0 Å². The quantitative estimate of drug-likeness (QED) is 0.883. The third-order valence-electron chi connectivity index (χ3n) is 4.53. The predicted molar refractivity (Wildman–Crippen MR) is 99.3 cm³/mol. The minimum absolute atomic E-state index is 0.0341. The number of nitrogens with one attached hydrogen (secondary N) is 1. The van der Waals surface area contributed by atoms with Gasteiger partial charge in [0.05, 0.1) is 6.10 Å². The van der Waals surface area contributed by atoms with E-state index in [1.807, 2.05) is 52.0 Å². The molecule has 0 aliphatic carbocycles. The van der Waals surface area contributed by atoms with E-state index in [0.717, 1.165) is 24.1 Å². The van der Waals surface area contributed by atoms with Gasteiger partial charge in [0, 0.05) is 25.8 Å². The van der Waals surface area contributed by atoms with Gasteiger partial charge in [-0.15, -0.1) is 0 Å². The second-order valence-electron chi connectivity index (χ2n) is 7.98. The topological polar surface area (TPSA) is 58.6 Å². The molecule has 2 atom stereocenters. The Labute approximate surface area is 150 Å². The normalized spacial score (nSPS) is 18.9. The lowest BCUT2D eigenvalue weighted by molar-refractivity contribution is -0.138. The summed E-state index contributed by atoms with van der Waals surface area (Å²) < 4.78 is 5.33. The molecule has 1 saturated heterocycles. The molecule has 25 heavy (non-hydrogen) atoms. The molecule has 1 aliphatic heterocycles. The molecule has 2 unspecified atom stereocenters. The lowest BCUT2D eigenvalue weighted by Gasteiger charge is -2.27. The van der Waals surface area contributed by atoms with Crippen LogP contribution in [0, 0.1) is 5.41 Å². The van der Waals surface area contributed by atoms with Crippen LogP contribution in [0.2, 0.25) is 0 Å². The van der Waals surface area contributed by atoms with Crippen molar-refractivity contribution in [3.05, 3.63) is 29.8 Å². The van der Waals surface area contributed by atoms with Crippen LogP contribution in [0.4, 0.5) is 5.69 Å². The summed E-state index contributed by atoms with van der Waals surface area (Å²) >= 11 is 0. The molecule has 0 radical (unpaired) electrons. The molecular formula is C20H30N2O3. The van der Waals surface area contributed by atoms with E-state index in [4.69, 9.17) is 4.74 Å². The highest BCUT2D eigenvalue weighted by molar-refractivity contribution is 5.97. The predicted octanol–water partition coefficient (Wildman–Crippen LogP) is 3.76.